The molecule has 23 heavy (non-hydrogen) atoms. The van der Waals surface area contributed by atoms with Gasteiger partial charge < -0.3 is 19.9 Å². The maximum atomic E-state index is 13.9. The van der Waals surface area contributed by atoms with E-state index in [1.54, 1.807) is 32.4 Å². The average molecular weight is 319 g/mol. The highest BCUT2D eigenvalue weighted by Gasteiger charge is 2.15. The third-order valence-corrected chi connectivity index (χ3v) is 3.84. The van der Waals surface area contributed by atoms with Crippen molar-refractivity contribution in [3.05, 3.63) is 58.9 Å². The molecule has 0 radical (unpaired) electrons. The molecule has 0 aromatic heterocycles. The first-order chi connectivity index (χ1) is 11.1. The van der Waals surface area contributed by atoms with Gasteiger partial charge in [0.15, 0.2) is 11.5 Å². The summed E-state index contributed by atoms with van der Waals surface area (Å²) in [7, 11) is 3.18. The van der Waals surface area contributed by atoms with Gasteiger partial charge in [-0.15, -0.1) is 0 Å². The number of aliphatic hydroxyl groups excluding tert-OH is 1. The van der Waals surface area contributed by atoms with Crippen molar-refractivity contribution in [2.24, 2.45) is 0 Å². The van der Waals surface area contributed by atoms with Gasteiger partial charge in [-0.25, -0.2) is 4.39 Å². The number of benzene rings is 2. The van der Waals surface area contributed by atoms with Crippen molar-refractivity contribution < 1.29 is 19.0 Å². The maximum absolute atomic E-state index is 13.9. The molecule has 2 aromatic carbocycles. The lowest BCUT2D eigenvalue weighted by Gasteiger charge is -2.19. The Balaban J connectivity index is 2.17. The van der Waals surface area contributed by atoms with Crippen molar-refractivity contribution in [1.29, 1.82) is 0 Å². The van der Waals surface area contributed by atoms with Gasteiger partial charge in [0.1, 0.15) is 5.82 Å². The highest BCUT2D eigenvalue weighted by atomic mass is 19.1. The zero-order valence-corrected chi connectivity index (χ0v) is 13.6. The summed E-state index contributed by atoms with van der Waals surface area (Å²) in [6.45, 7) is 2.26. The van der Waals surface area contributed by atoms with Gasteiger partial charge >= 0.3 is 0 Å². The van der Waals surface area contributed by atoms with Crippen LogP contribution in [0.25, 0.3) is 0 Å². The number of hydrogen-bond acceptors (Lipinski definition) is 4. The molecular weight excluding hydrogens is 297 g/mol. The summed E-state index contributed by atoms with van der Waals surface area (Å²) >= 11 is 0. The van der Waals surface area contributed by atoms with Crippen LogP contribution in [0.3, 0.4) is 0 Å². The van der Waals surface area contributed by atoms with Crippen LogP contribution in [-0.4, -0.2) is 25.9 Å². The molecule has 4 nitrogen and oxygen atoms in total. The first-order valence-corrected chi connectivity index (χ1v) is 7.40. The van der Waals surface area contributed by atoms with Gasteiger partial charge in [0.2, 0.25) is 0 Å². The van der Waals surface area contributed by atoms with Gasteiger partial charge in [-0.2, -0.15) is 0 Å². The smallest absolute Gasteiger partial charge is 0.161 e. The van der Waals surface area contributed by atoms with Gasteiger partial charge in [-0.3, -0.25) is 0 Å². The highest BCUT2D eigenvalue weighted by molar-refractivity contribution is 5.47. The van der Waals surface area contributed by atoms with Crippen molar-refractivity contribution in [3.63, 3.8) is 0 Å². The van der Waals surface area contributed by atoms with Crippen LogP contribution in [0.5, 0.6) is 11.5 Å². The van der Waals surface area contributed by atoms with Crippen LogP contribution >= 0.6 is 0 Å². The number of halogens is 1. The number of methoxy groups -OCH3 is 2. The van der Waals surface area contributed by atoms with E-state index in [1.165, 1.54) is 6.07 Å². The molecule has 0 saturated heterocycles. The predicted octanol–water partition coefficient (Wildman–Crippen LogP) is 2.97. The summed E-state index contributed by atoms with van der Waals surface area (Å²) < 4.78 is 24.4. The molecule has 0 fully saturated rings. The van der Waals surface area contributed by atoms with Crippen molar-refractivity contribution in [1.82, 2.24) is 5.32 Å². The number of ether oxygens (including phenoxy) is 2. The van der Waals surface area contributed by atoms with Crippen molar-refractivity contribution >= 4 is 0 Å². The number of nitrogens with one attached hydrogen (secondary N) is 1. The second-order valence-corrected chi connectivity index (χ2v) is 5.27. The zero-order chi connectivity index (χ0) is 16.8. The van der Waals surface area contributed by atoms with E-state index in [0.29, 0.717) is 23.6 Å². The van der Waals surface area contributed by atoms with Crippen LogP contribution < -0.4 is 14.8 Å². The van der Waals surface area contributed by atoms with Crippen LogP contribution in [0.2, 0.25) is 0 Å². The fourth-order valence-electron chi connectivity index (χ4n) is 2.48. The standard InChI is InChI=1S/C18H22FNO3/c1-12-8-17(22-2)18(23-3)9-13(12)10-20-16(11-21)14-6-4-5-7-15(14)19/h4-9,16,20-21H,10-11H2,1-3H3/t16-/m1/s1. The monoisotopic (exact) mass is 319 g/mol. The van der Waals surface area contributed by atoms with E-state index in [2.05, 4.69) is 5.32 Å². The molecule has 0 amide bonds. The number of aryl methyl sites for hydroxylation is 1. The molecule has 2 N–H and O–H groups in total. The van der Waals surface area contributed by atoms with E-state index < -0.39 is 6.04 Å². The molecule has 0 saturated carbocycles. The average Bonchev–Trinajstić information content (AvgIpc) is 2.57. The van der Waals surface area contributed by atoms with Gasteiger partial charge in [0.25, 0.3) is 0 Å². The van der Waals surface area contributed by atoms with Gasteiger partial charge in [0.05, 0.1) is 26.9 Å². The SMILES string of the molecule is COc1cc(C)c(CN[C@H](CO)c2ccccc2F)cc1OC. The van der Waals surface area contributed by atoms with Gasteiger partial charge in [-0.1, -0.05) is 18.2 Å². The normalized spacial score (nSPS) is 12.0. The lowest BCUT2D eigenvalue weighted by Crippen LogP contribution is -2.25. The first kappa shape index (κ1) is 17.2. The molecule has 1 atom stereocenters. The molecule has 2 rings (SSSR count). The molecule has 0 aliphatic heterocycles. The Morgan fingerprint density at radius 3 is 2.39 bits per heavy atom. The molecule has 2 aromatic rings. The van der Waals surface area contributed by atoms with Crippen LogP contribution in [0.15, 0.2) is 36.4 Å². The van der Waals surface area contributed by atoms with Crippen LogP contribution in [-0.2, 0) is 6.54 Å². The minimum Gasteiger partial charge on any atom is -0.493 e. The minimum absolute atomic E-state index is 0.187. The van der Waals surface area contributed by atoms with E-state index in [0.717, 1.165) is 11.1 Å². The summed E-state index contributed by atoms with van der Waals surface area (Å²) in [5.74, 6) is 0.978. The second-order valence-electron chi connectivity index (χ2n) is 5.27. The van der Waals surface area contributed by atoms with E-state index in [9.17, 15) is 9.50 Å². The summed E-state index contributed by atoms with van der Waals surface area (Å²) in [5, 5.41) is 12.7. The van der Waals surface area contributed by atoms with Crippen LogP contribution in [0.1, 0.15) is 22.7 Å². The Morgan fingerprint density at radius 2 is 1.78 bits per heavy atom. The highest BCUT2D eigenvalue weighted by Crippen LogP contribution is 2.30. The summed E-state index contributed by atoms with van der Waals surface area (Å²) in [4.78, 5) is 0. The molecular formula is C18H22FNO3. The first-order valence-electron chi connectivity index (χ1n) is 7.40. The van der Waals surface area contributed by atoms with Crippen molar-refractivity contribution in [2.45, 2.75) is 19.5 Å². The molecule has 0 heterocycles. The second kappa shape index (κ2) is 7.94. The Kier molecular flexibility index (Phi) is 5.96. The number of hydrogen-bond donors (Lipinski definition) is 2. The maximum Gasteiger partial charge on any atom is 0.161 e. The Bertz CT molecular complexity index is 661. The van der Waals surface area contributed by atoms with E-state index >= 15 is 0 Å². The summed E-state index contributed by atoms with van der Waals surface area (Å²) in [6.07, 6.45) is 0. The molecule has 124 valence electrons. The topological polar surface area (TPSA) is 50.7 Å². The summed E-state index contributed by atoms with van der Waals surface area (Å²) in [6, 6.07) is 9.76. The van der Waals surface area contributed by atoms with E-state index in [-0.39, 0.29) is 12.4 Å². The van der Waals surface area contributed by atoms with E-state index in [4.69, 9.17) is 9.47 Å². The fourth-order valence-corrected chi connectivity index (χ4v) is 2.48. The molecule has 0 spiro atoms. The number of aliphatic hydroxyl groups is 1. The van der Waals surface area contributed by atoms with Crippen molar-refractivity contribution in [2.75, 3.05) is 20.8 Å². The Labute approximate surface area is 135 Å². The Morgan fingerprint density at radius 1 is 1.13 bits per heavy atom. The number of rotatable bonds is 7. The van der Waals surface area contributed by atoms with Crippen LogP contribution in [0, 0.1) is 12.7 Å². The molecule has 0 aliphatic carbocycles. The Hall–Kier alpha value is -2.11. The molecule has 0 aliphatic rings. The third kappa shape index (κ3) is 4.00. The van der Waals surface area contributed by atoms with Crippen molar-refractivity contribution in [3.8, 4) is 11.5 Å². The molecule has 5 heteroatoms. The largest absolute Gasteiger partial charge is 0.493 e. The van der Waals surface area contributed by atoms with Crippen LogP contribution in [0.4, 0.5) is 4.39 Å². The van der Waals surface area contributed by atoms with Gasteiger partial charge in [-0.05, 0) is 36.2 Å². The predicted molar refractivity (Wildman–Crippen MR) is 87.3 cm³/mol. The summed E-state index contributed by atoms with van der Waals surface area (Å²) in [5.41, 5.74) is 2.48. The lowest BCUT2D eigenvalue weighted by atomic mass is 10.0. The molecule has 0 bridgehead atoms. The minimum atomic E-state index is -0.469. The molecule has 0 unspecified atom stereocenters. The quantitative estimate of drug-likeness (QED) is 0.824. The zero-order valence-electron chi connectivity index (χ0n) is 13.6. The third-order valence-electron chi connectivity index (χ3n) is 3.84. The van der Waals surface area contributed by atoms with E-state index in [1.807, 2.05) is 19.1 Å². The fraction of sp³-hybridized carbons (Fsp3) is 0.333. The lowest BCUT2D eigenvalue weighted by molar-refractivity contribution is 0.240. The van der Waals surface area contributed by atoms with Gasteiger partial charge in [0, 0.05) is 12.1 Å².